The molecule has 0 aromatic rings. The van der Waals surface area contributed by atoms with E-state index < -0.39 is 5.97 Å². The molecule has 4 aliphatic rings. The number of carboxylic acids is 1. The summed E-state index contributed by atoms with van der Waals surface area (Å²) in [6.45, 7) is 4.89. The van der Waals surface area contributed by atoms with Crippen molar-refractivity contribution >= 4 is 5.97 Å². The molecule has 2 nitrogen and oxygen atoms in total. The quantitative estimate of drug-likeness (QED) is 0.690. The van der Waals surface area contributed by atoms with Gasteiger partial charge in [-0.2, -0.15) is 0 Å². The van der Waals surface area contributed by atoms with Gasteiger partial charge in [-0.3, -0.25) is 4.79 Å². The standard InChI is InChI=1S/C21H32O2/c1-3-21-10-4-5-18(21)16-7-6-15-13-14(19(22)23)8-11-20(15,2)17(16)9-12-21/h6,14,16-18H,3-5,7-13H2,1-2H3,(H,22,23)/t14-,16-,17+,18+,20+,21+/m1/s1. The van der Waals surface area contributed by atoms with Gasteiger partial charge in [0.05, 0.1) is 5.92 Å². The molecule has 3 saturated carbocycles. The Kier molecular flexibility index (Phi) is 3.66. The molecule has 0 saturated heterocycles. The molecular formula is C21H32O2. The van der Waals surface area contributed by atoms with Gasteiger partial charge in [0.15, 0.2) is 0 Å². The SMILES string of the molecule is CC[C@@]12CCC[C@H]1[C@@H]1CC=C3C[C@H](C(=O)O)CC[C@]3(C)[C@H]1CC2. The van der Waals surface area contributed by atoms with E-state index in [0.717, 1.165) is 37.0 Å². The van der Waals surface area contributed by atoms with Crippen LogP contribution in [0.1, 0.15) is 78.1 Å². The molecule has 0 aromatic heterocycles. The minimum absolute atomic E-state index is 0.129. The van der Waals surface area contributed by atoms with Gasteiger partial charge in [0, 0.05) is 0 Å². The first-order valence-electron chi connectivity index (χ1n) is 9.92. The summed E-state index contributed by atoms with van der Waals surface area (Å²) in [5.41, 5.74) is 2.46. The van der Waals surface area contributed by atoms with Gasteiger partial charge in [-0.05, 0) is 80.0 Å². The van der Waals surface area contributed by atoms with E-state index in [1.165, 1.54) is 50.5 Å². The van der Waals surface area contributed by atoms with E-state index in [1.807, 2.05) is 0 Å². The van der Waals surface area contributed by atoms with E-state index in [2.05, 4.69) is 19.9 Å². The molecule has 0 aliphatic heterocycles. The Balaban J connectivity index is 1.64. The highest BCUT2D eigenvalue weighted by atomic mass is 16.4. The van der Waals surface area contributed by atoms with E-state index in [1.54, 1.807) is 0 Å². The number of allylic oxidation sites excluding steroid dienone is 2. The van der Waals surface area contributed by atoms with Gasteiger partial charge >= 0.3 is 5.97 Å². The largest absolute Gasteiger partial charge is 0.481 e. The summed E-state index contributed by atoms with van der Waals surface area (Å²) in [6, 6.07) is 0. The molecule has 23 heavy (non-hydrogen) atoms. The fourth-order valence-electron chi connectivity index (χ4n) is 7.28. The Labute approximate surface area is 140 Å². The zero-order valence-electron chi connectivity index (χ0n) is 14.8. The maximum Gasteiger partial charge on any atom is 0.306 e. The van der Waals surface area contributed by atoms with E-state index in [9.17, 15) is 9.90 Å². The molecule has 0 aromatic carbocycles. The predicted molar refractivity (Wildman–Crippen MR) is 92.1 cm³/mol. The third-order valence-electron chi connectivity index (χ3n) is 8.68. The summed E-state index contributed by atoms with van der Waals surface area (Å²) in [6.07, 6.45) is 15.1. The number of rotatable bonds is 2. The van der Waals surface area contributed by atoms with Gasteiger partial charge in [0.1, 0.15) is 0 Å². The van der Waals surface area contributed by atoms with Crippen LogP contribution < -0.4 is 0 Å². The lowest BCUT2D eigenvalue weighted by atomic mass is 9.47. The van der Waals surface area contributed by atoms with Crippen molar-refractivity contribution in [3.63, 3.8) is 0 Å². The molecule has 0 heterocycles. The minimum Gasteiger partial charge on any atom is -0.481 e. The fourth-order valence-corrected chi connectivity index (χ4v) is 7.28. The van der Waals surface area contributed by atoms with Crippen LogP contribution in [0.4, 0.5) is 0 Å². The average molecular weight is 316 g/mol. The average Bonchev–Trinajstić information content (AvgIpc) is 2.98. The number of aliphatic carboxylic acids is 1. The molecule has 4 aliphatic carbocycles. The number of fused-ring (bicyclic) bond motifs is 5. The van der Waals surface area contributed by atoms with Crippen molar-refractivity contribution in [3.05, 3.63) is 11.6 Å². The number of carbonyl (C=O) groups is 1. The lowest BCUT2D eigenvalue weighted by molar-refractivity contribution is -0.143. The first kappa shape index (κ1) is 15.7. The molecule has 0 amide bonds. The maximum absolute atomic E-state index is 11.4. The fraction of sp³-hybridized carbons (Fsp3) is 0.857. The van der Waals surface area contributed by atoms with Gasteiger partial charge in [-0.15, -0.1) is 0 Å². The normalized spacial score (nSPS) is 48.9. The minimum atomic E-state index is -0.584. The summed E-state index contributed by atoms with van der Waals surface area (Å²) in [5, 5.41) is 9.41. The zero-order valence-corrected chi connectivity index (χ0v) is 14.8. The summed E-state index contributed by atoms with van der Waals surface area (Å²) in [4.78, 5) is 11.4. The van der Waals surface area contributed by atoms with Crippen LogP contribution in [0.15, 0.2) is 11.6 Å². The Morgan fingerprint density at radius 2 is 2.04 bits per heavy atom. The van der Waals surface area contributed by atoms with Crippen molar-refractivity contribution < 1.29 is 9.90 Å². The van der Waals surface area contributed by atoms with Crippen LogP contribution >= 0.6 is 0 Å². The van der Waals surface area contributed by atoms with Gasteiger partial charge in [0.25, 0.3) is 0 Å². The lowest BCUT2D eigenvalue weighted by Gasteiger charge is -2.58. The van der Waals surface area contributed by atoms with E-state index in [0.29, 0.717) is 10.8 Å². The van der Waals surface area contributed by atoms with Crippen LogP contribution in [0.25, 0.3) is 0 Å². The Bertz CT molecular complexity index is 536. The first-order chi connectivity index (χ1) is 11.0. The summed E-state index contributed by atoms with van der Waals surface area (Å²) in [7, 11) is 0. The van der Waals surface area contributed by atoms with Crippen molar-refractivity contribution in [3.8, 4) is 0 Å². The van der Waals surface area contributed by atoms with Crippen LogP contribution in [-0.4, -0.2) is 11.1 Å². The smallest absolute Gasteiger partial charge is 0.306 e. The highest BCUT2D eigenvalue weighted by Gasteiger charge is 2.56. The van der Waals surface area contributed by atoms with Gasteiger partial charge < -0.3 is 5.11 Å². The van der Waals surface area contributed by atoms with Gasteiger partial charge in [-0.1, -0.05) is 38.3 Å². The van der Waals surface area contributed by atoms with Crippen molar-refractivity contribution in [1.29, 1.82) is 0 Å². The Morgan fingerprint density at radius 3 is 2.78 bits per heavy atom. The molecular weight excluding hydrogens is 284 g/mol. The molecule has 0 unspecified atom stereocenters. The van der Waals surface area contributed by atoms with Crippen LogP contribution in [0.5, 0.6) is 0 Å². The Hall–Kier alpha value is -0.790. The van der Waals surface area contributed by atoms with Crippen molar-refractivity contribution in [2.24, 2.45) is 34.5 Å². The second-order valence-corrected chi connectivity index (χ2v) is 9.18. The Morgan fingerprint density at radius 1 is 1.22 bits per heavy atom. The van der Waals surface area contributed by atoms with E-state index >= 15 is 0 Å². The van der Waals surface area contributed by atoms with Crippen LogP contribution in [0, 0.1) is 34.5 Å². The molecule has 0 radical (unpaired) electrons. The third-order valence-corrected chi connectivity index (χ3v) is 8.68. The topological polar surface area (TPSA) is 37.3 Å². The highest BCUT2D eigenvalue weighted by Crippen LogP contribution is 2.66. The maximum atomic E-state index is 11.4. The number of hydrogen-bond donors (Lipinski definition) is 1. The molecule has 0 bridgehead atoms. The highest BCUT2D eigenvalue weighted by molar-refractivity contribution is 5.70. The van der Waals surface area contributed by atoms with Crippen molar-refractivity contribution in [2.45, 2.75) is 78.1 Å². The van der Waals surface area contributed by atoms with Crippen LogP contribution in [-0.2, 0) is 4.79 Å². The van der Waals surface area contributed by atoms with Crippen LogP contribution in [0.3, 0.4) is 0 Å². The molecule has 2 heteroatoms. The molecule has 6 atom stereocenters. The van der Waals surface area contributed by atoms with Crippen molar-refractivity contribution in [1.82, 2.24) is 0 Å². The lowest BCUT2D eigenvalue weighted by Crippen LogP contribution is -2.49. The molecule has 3 fully saturated rings. The molecule has 4 rings (SSSR count). The zero-order chi connectivity index (χ0) is 16.2. The summed E-state index contributed by atoms with van der Waals surface area (Å²) >= 11 is 0. The summed E-state index contributed by atoms with van der Waals surface area (Å²) in [5.74, 6) is 1.93. The van der Waals surface area contributed by atoms with E-state index in [4.69, 9.17) is 0 Å². The number of carboxylic acid groups (broad SMARTS) is 1. The van der Waals surface area contributed by atoms with Gasteiger partial charge in [0.2, 0.25) is 0 Å². The van der Waals surface area contributed by atoms with Gasteiger partial charge in [-0.25, -0.2) is 0 Å². The third kappa shape index (κ3) is 2.16. The molecule has 1 N–H and O–H groups in total. The predicted octanol–water partition coefficient (Wildman–Crippen LogP) is 5.43. The van der Waals surface area contributed by atoms with E-state index in [-0.39, 0.29) is 5.92 Å². The summed E-state index contributed by atoms with van der Waals surface area (Å²) < 4.78 is 0. The second-order valence-electron chi connectivity index (χ2n) is 9.18. The molecule has 0 spiro atoms. The molecule has 128 valence electrons. The monoisotopic (exact) mass is 316 g/mol. The second kappa shape index (κ2) is 5.36. The van der Waals surface area contributed by atoms with Crippen LogP contribution in [0.2, 0.25) is 0 Å². The van der Waals surface area contributed by atoms with Crippen molar-refractivity contribution in [2.75, 3.05) is 0 Å². The first-order valence-corrected chi connectivity index (χ1v) is 9.92. The number of hydrogen-bond acceptors (Lipinski definition) is 1.